The van der Waals surface area contributed by atoms with Crippen molar-refractivity contribution in [2.45, 2.75) is 32.1 Å². The molecule has 0 saturated carbocycles. The van der Waals surface area contributed by atoms with Crippen molar-refractivity contribution < 1.29 is 9.59 Å². The van der Waals surface area contributed by atoms with Gasteiger partial charge in [-0.05, 0) is 37.0 Å². The Bertz CT molecular complexity index is 418. The second-order valence-corrected chi connectivity index (χ2v) is 5.32. The van der Waals surface area contributed by atoms with E-state index in [0.717, 1.165) is 29.3 Å². The van der Waals surface area contributed by atoms with E-state index in [0.29, 0.717) is 19.4 Å². The fourth-order valence-corrected chi connectivity index (χ4v) is 1.91. The van der Waals surface area contributed by atoms with Crippen LogP contribution in [0.15, 0.2) is 28.7 Å². The molecule has 1 aromatic rings. The highest BCUT2D eigenvalue weighted by atomic mass is 79.9. The zero-order valence-corrected chi connectivity index (χ0v) is 12.4. The molecular formula is C14H19BrN2O2. The van der Waals surface area contributed by atoms with Crippen LogP contribution in [0.1, 0.15) is 31.2 Å². The molecule has 5 heteroatoms. The lowest BCUT2D eigenvalue weighted by Crippen LogP contribution is -2.24. The van der Waals surface area contributed by atoms with Crippen molar-refractivity contribution in [1.82, 2.24) is 5.32 Å². The zero-order chi connectivity index (χ0) is 14.1. The molecule has 19 heavy (non-hydrogen) atoms. The van der Waals surface area contributed by atoms with E-state index in [9.17, 15) is 9.59 Å². The number of halogens is 1. The summed E-state index contributed by atoms with van der Waals surface area (Å²) >= 11 is 3.37. The van der Waals surface area contributed by atoms with E-state index in [-0.39, 0.29) is 11.8 Å². The zero-order valence-electron chi connectivity index (χ0n) is 10.8. The molecule has 4 nitrogen and oxygen atoms in total. The number of hydrogen-bond acceptors (Lipinski definition) is 2. The minimum Gasteiger partial charge on any atom is -0.370 e. The molecule has 0 aliphatic rings. The molecule has 0 aliphatic heterocycles. The Morgan fingerprint density at radius 3 is 2.42 bits per heavy atom. The van der Waals surface area contributed by atoms with Crippen LogP contribution in [0.5, 0.6) is 0 Å². The second kappa shape index (κ2) is 8.69. The SMILES string of the molecule is NC(=O)CCCCNC(=O)CCc1ccc(Br)cc1. The van der Waals surface area contributed by atoms with Gasteiger partial charge in [0.1, 0.15) is 0 Å². The van der Waals surface area contributed by atoms with Crippen LogP contribution in [0, 0.1) is 0 Å². The average molecular weight is 327 g/mol. The second-order valence-electron chi connectivity index (χ2n) is 4.40. The monoisotopic (exact) mass is 326 g/mol. The molecule has 1 aromatic carbocycles. The van der Waals surface area contributed by atoms with Gasteiger partial charge in [0.25, 0.3) is 0 Å². The number of primary amides is 1. The van der Waals surface area contributed by atoms with Gasteiger partial charge in [-0.15, -0.1) is 0 Å². The minimum absolute atomic E-state index is 0.0435. The quantitative estimate of drug-likeness (QED) is 0.718. The first kappa shape index (κ1) is 15.7. The highest BCUT2D eigenvalue weighted by Crippen LogP contribution is 2.11. The van der Waals surface area contributed by atoms with Crippen molar-refractivity contribution in [2.24, 2.45) is 5.73 Å². The molecule has 0 heterocycles. The number of rotatable bonds is 8. The standard InChI is InChI=1S/C14H19BrN2O2/c15-12-7-4-11(5-8-12)6-9-14(19)17-10-2-1-3-13(16)18/h4-5,7-8H,1-3,6,9-10H2,(H2,16,18)(H,17,19). The van der Waals surface area contributed by atoms with Crippen LogP contribution in [0.2, 0.25) is 0 Å². The molecule has 1 rings (SSSR count). The molecule has 2 amide bonds. The third-order valence-electron chi connectivity index (χ3n) is 2.73. The molecule has 0 fully saturated rings. The van der Waals surface area contributed by atoms with Crippen molar-refractivity contribution in [3.8, 4) is 0 Å². The number of nitrogens with one attached hydrogen (secondary N) is 1. The summed E-state index contributed by atoms with van der Waals surface area (Å²) in [6.07, 6.45) is 3.11. The number of aryl methyl sites for hydroxylation is 1. The van der Waals surface area contributed by atoms with Crippen LogP contribution in [0.4, 0.5) is 0 Å². The molecule has 0 unspecified atom stereocenters. The predicted molar refractivity (Wildman–Crippen MR) is 78.5 cm³/mol. The molecule has 0 bridgehead atoms. The Balaban J connectivity index is 2.11. The largest absolute Gasteiger partial charge is 0.370 e. The Morgan fingerprint density at radius 2 is 1.79 bits per heavy atom. The van der Waals surface area contributed by atoms with E-state index < -0.39 is 0 Å². The molecular weight excluding hydrogens is 308 g/mol. The molecule has 104 valence electrons. The summed E-state index contributed by atoms with van der Waals surface area (Å²) in [5.41, 5.74) is 6.17. The maximum Gasteiger partial charge on any atom is 0.220 e. The number of unbranched alkanes of at least 4 members (excludes halogenated alkanes) is 1. The Labute approximate surface area is 121 Å². The van der Waals surface area contributed by atoms with Crippen molar-refractivity contribution in [3.63, 3.8) is 0 Å². The number of amides is 2. The lowest BCUT2D eigenvalue weighted by Gasteiger charge is -2.05. The third-order valence-corrected chi connectivity index (χ3v) is 3.25. The van der Waals surface area contributed by atoms with Gasteiger partial charge in [-0.25, -0.2) is 0 Å². The number of carbonyl (C=O) groups excluding carboxylic acids is 2. The van der Waals surface area contributed by atoms with Gasteiger partial charge in [0.15, 0.2) is 0 Å². The molecule has 0 saturated heterocycles. The predicted octanol–water partition coefficient (Wildman–Crippen LogP) is 2.15. The smallest absolute Gasteiger partial charge is 0.220 e. The lowest BCUT2D eigenvalue weighted by molar-refractivity contribution is -0.121. The first-order valence-corrected chi connectivity index (χ1v) is 7.16. The van der Waals surface area contributed by atoms with E-state index in [1.54, 1.807) is 0 Å². The van der Waals surface area contributed by atoms with Crippen molar-refractivity contribution in [1.29, 1.82) is 0 Å². The van der Waals surface area contributed by atoms with Gasteiger partial charge in [-0.2, -0.15) is 0 Å². The van der Waals surface area contributed by atoms with Gasteiger partial charge in [0, 0.05) is 23.9 Å². The fraction of sp³-hybridized carbons (Fsp3) is 0.429. The van der Waals surface area contributed by atoms with Crippen LogP contribution in [-0.4, -0.2) is 18.4 Å². The minimum atomic E-state index is -0.290. The Kier molecular flexibility index (Phi) is 7.18. The van der Waals surface area contributed by atoms with Gasteiger partial charge >= 0.3 is 0 Å². The van der Waals surface area contributed by atoms with Gasteiger partial charge in [-0.3, -0.25) is 9.59 Å². The van der Waals surface area contributed by atoms with E-state index in [4.69, 9.17) is 5.73 Å². The molecule has 0 atom stereocenters. The van der Waals surface area contributed by atoms with E-state index in [2.05, 4.69) is 21.2 Å². The lowest BCUT2D eigenvalue weighted by atomic mass is 10.1. The summed E-state index contributed by atoms with van der Waals surface area (Å²) < 4.78 is 1.04. The number of benzene rings is 1. The number of hydrogen-bond donors (Lipinski definition) is 2. The van der Waals surface area contributed by atoms with Gasteiger partial charge < -0.3 is 11.1 Å². The third kappa shape index (κ3) is 7.62. The summed E-state index contributed by atoms with van der Waals surface area (Å²) in [6, 6.07) is 7.95. The molecule has 0 radical (unpaired) electrons. The van der Waals surface area contributed by atoms with Crippen LogP contribution in [0.25, 0.3) is 0 Å². The number of nitrogens with two attached hydrogens (primary N) is 1. The summed E-state index contributed by atoms with van der Waals surface area (Å²) in [5.74, 6) is -0.247. The topological polar surface area (TPSA) is 72.2 Å². The molecule has 0 aliphatic carbocycles. The molecule has 0 spiro atoms. The van der Waals surface area contributed by atoms with E-state index in [1.165, 1.54) is 0 Å². The van der Waals surface area contributed by atoms with Crippen molar-refractivity contribution in [2.75, 3.05) is 6.54 Å². The number of carbonyl (C=O) groups is 2. The molecule has 0 aromatic heterocycles. The first-order valence-electron chi connectivity index (χ1n) is 6.37. The Hall–Kier alpha value is -1.36. The highest BCUT2D eigenvalue weighted by Gasteiger charge is 2.02. The summed E-state index contributed by atoms with van der Waals surface area (Å²) in [7, 11) is 0. The van der Waals surface area contributed by atoms with Crippen molar-refractivity contribution in [3.05, 3.63) is 34.3 Å². The summed E-state index contributed by atoms with van der Waals surface area (Å²) in [6.45, 7) is 0.604. The maximum absolute atomic E-state index is 11.6. The average Bonchev–Trinajstić information content (AvgIpc) is 2.37. The fourth-order valence-electron chi connectivity index (χ4n) is 1.65. The maximum atomic E-state index is 11.6. The van der Waals surface area contributed by atoms with E-state index >= 15 is 0 Å². The molecule has 3 N–H and O–H groups in total. The van der Waals surface area contributed by atoms with Gasteiger partial charge in [-0.1, -0.05) is 28.1 Å². The van der Waals surface area contributed by atoms with Gasteiger partial charge in [0.05, 0.1) is 0 Å². The summed E-state index contributed by atoms with van der Waals surface area (Å²) in [4.78, 5) is 22.1. The van der Waals surface area contributed by atoms with Crippen LogP contribution < -0.4 is 11.1 Å². The van der Waals surface area contributed by atoms with Crippen LogP contribution >= 0.6 is 15.9 Å². The normalized spacial score (nSPS) is 10.2. The van der Waals surface area contributed by atoms with Crippen LogP contribution in [0.3, 0.4) is 0 Å². The van der Waals surface area contributed by atoms with Crippen LogP contribution in [-0.2, 0) is 16.0 Å². The first-order chi connectivity index (χ1) is 9.08. The summed E-state index contributed by atoms with van der Waals surface area (Å²) in [5, 5.41) is 2.84. The highest BCUT2D eigenvalue weighted by molar-refractivity contribution is 9.10. The van der Waals surface area contributed by atoms with E-state index in [1.807, 2.05) is 24.3 Å². The Morgan fingerprint density at radius 1 is 1.11 bits per heavy atom. The van der Waals surface area contributed by atoms with Crippen molar-refractivity contribution >= 4 is 27.7 Å². The van der Waals surface area contributed by atoms with Gasteiger partial charge in [0.2, 0.25) is 11.8 Å².